The van der Waals surface area contributed by atoms with Crippen LogP contribution in [0.3, 0.4) is 0 Å². The molecular formula is C20H36N4O2. The Morgan fingerprint density at radius 1 is 1.00 bits per heavy atom. The molecule has 0 radical (unpaired) electrons. The van der Waals surface area contributed by atoms with E-state index < -0.39 is 0 Å². The average molecular weight is 365 g/mol. The Morgan fingerprint density at radius 2 is 1.77 bits per heavy atom. The Labute approximate surface area is 158 Å². The predicted octanol–water partition coefficient (Wildman–Crippen LogP) is 1.22. The van der Waals surface area contributed by atoms with Crippen LogP contribution in [0.25, 0.3) is 0 Å². The van der Waals surface area contributed by atoms with E-state index in [9.17, 15) is 9.59 Å². The Kier molecular flexibility index (Phi) is 7.74. The van der Waals surface area contributed by atoms with Gasteiger partial charge in [-0.25, -0.2) is 0 Å². The Hall–Kier alpha value is -1.14. The lowest BCUT2D eigenvalue weighted by molar-refractivity contribution is -0.138. The van der Waals surface area contributed by atoms with Crippen LogP contribution >= 0.6 is 0 Å². The van der Waals surface area contributed by atoms with Gasteiger partial charge in [0.2, 0.25) is 11.8 Å². The molecule has 2 heterocycles. The van der Waals surface area contributed by atoms with Crippen LogP contribution in [0.2, 0.25) is 0 Å². The van der Waals surface area contributed by atoms with E-state index in [4.69, 9.17) is 0 Å². The van der Waals surface area contributed by atoms with Crippen LogP contribution in [0.15, 0.2) is 0 Å². The number of carbonyl (C=O) groups is 2. The molecule has 6 heteroatoms. The zero-order chi connectivity index (χ0) is 18.2. The summed E-state index contributed by atoms with van der Waals surface area (Å²) in [6.07, 6.45) is 8.75. The first-order chi connectivity index (χ1) is 12.7. The highest BCUT2D eigenvalue weighted by molar-refractivity contribution is 5.79. The zero-order valence-electron chi connectivity index (χ0n) is 16.2. The topological polar surface area (TPSA) is 64.7 Å². The highest BCUT2D eigenvalue weighted by atomic mass is 16.2. The molecule has 1 saturated carbocycles. The van der Waals surface area contributed by atoms with Crippen molar-refractivity contribution in [1.82, 2.24) is 20.4 Å². The number of hydrogen-bond donors (Lipinski definition) is 2. The van der Waals surface area contributed by atoms with Gasteiger partial charge in [-0.3, -0.25) is 14.5 Å². The molecule has 3 aliphatic rings. The van der Waals surface area contributed by atoms with Gasteiger partial charge in [0.05, 0.1) is 0 Å². The minimum Gasteiger partial charge on any atom is -0.355 e. The SMILES string of the molecule is O=C(CCC1CCNC1)NCCN1CCN(C(=O)C2CCCCC2)CC1. The molecule has 0 bridgehead atoms. The second kappa shape index (κ2) is 10.3. The molecule has 3 rings (SSSR count). The molecule has 2 saturated heterocycles. The quantitative estimate of drug-likeness (QED) is 0.713. The van der Waals surface area contributed by atoms with Gasteiger partial charge < -0.3 is 15.5 Å². The van der Waals surface area contributed by atoms with E-state index in [0.29, 0.717) is 18.2 Å². The third-order valence-corrected chi connectivity index (χ3v) is 6.33. The molecule has 2 amide bonds. The lowest BCUT2D eigenvalue weighted by Crippen LogP contribution is -2.51. The number of amides is 2. The Balaban J connectivity index is 1.25. The summed E-state index contributed by atoms with van der Waals surface area (Å²) in [7, 11) is 0. The number of hydrogen-bond acceptors (Lipinski definition) is 4. The van der Waals surface area contributed by atoms with E-state index in [1.165, 1.54) is 25.7 Å². The summed E-state index contributed by atoms with van der Waals surface area (Å²) in [6.45, 7) is 7.33. The van der Waals surface area contributed by atoms with Crippen molar-refractivity contribution in [2.75, 3.05) is 52.4 Å². The number of carbonyl (C=O) groups excluding carboxylic acids is 2. The third-order valence-electron chi connectivity index (χ3n) is 6.33. The standard InChI is InChI=1S/C20H36N4O2/c25-19(7-6-17-8-9-21-16-17)22-10-11-23-12-14-24(15-13-23)20(26)18-4-2-1-3-5-18/h17-18,21H,1-16H2,(H,22,25). The summed E-state index contributed by atoms with van der Waals surface area (Å²) in [6, 6.07) is 0. The van der Waals surface area contributed by atoms with Gasteiger partial charge in [-0.05, 0) is 44.7 Å². The predicted molar refractivity (Wildman–Crippen MR) is 103 cm³/mol. The maximum atomic E-state index is 12.6. The van der Waals surface area contributed by atoms with Gasteiger partial charge in [0, 0.05) is 51.6 Å². The van der Waals surface area contributed by atoms with Crippen molar-refractivity contribution in [3.05, 3.63) is 0 Å². The second-order valence-corrected chi connectivity index (χ2v) is 8.25. The largest absolute Gasteiger partial charge is 0.355 e. The highest BCUT2D eigenvalue weighted by Gasteiger charge is 2.28. The average Bonchev–Trinajstić information content (AvgIpc) is 3.21. The van der Waals surface area contributed by atoms with Gasteiger partial charge in [-0.1, -0.05) is 19.3 Å². The fourth-order valence-corrected chi connectivity index (χ4v) is 4.54. The van der Waals surface area contributed by atoms with Gasteiger partial charge in [-0.2, -0.15) is 0 Å². The van der Waals surface area contributed by atoms with Crippen LogP contribution < -0.4 is 10.6 Å². The third kappa shape index (κ3) is 5.95. The normalized spacial score (nSPS) is 25.4. The summed E-state index contributed by atoms with van der Waals surface area (Å²) >= 11 is 0. The van der Waals surface area contributed by atoms with E-state index in [1.807, 2.05) is 0 Å². The van der Waals surface area contributed by atoms with Crippen LogP contribution in [0, 0.1) is 11.8 Å². The lowest BCUT2D eigenvalue weighted by Gasteiger charge is -2.37. The first-order valence-corrected chi connectivity index (χ1v) is 10.7. The summed E-state index contributed by atoms with van der Waals surface area (Å²) in [5, 5.41) is 6.41. The molecule has 1 unspecified atom stereocenters. The number of piperazine rings is 1. The molecule has 26 heavy (non-hydrogen) atoms. The van der Waals surface area contributed by atoms with Crippen molar-refractivity contribution in [3.63, 3.8) is 0 Å². The van der Waals surface area contributed by atoms with E-state index >= 15 is 0 Å². The van der Waals surface area contributed by atoms with E-state index in [1.54, 1.807) is 0 Å². The maximum Gasteiger partial charge on any atom is 0.225 e. The minimum absolute atomic E-state index is 0.183. The Bertz CT molecular complexity index is 451. The second-order valence-electron chi connectivity index (χ2n) is 8.25. The van der Waals surface area contributed by atoms with Crippen molar-refractivity contribution in [2.24, 2.45) is 11.8 Å². The van der Waals surface area contributed by atoms with Gasteiger partial charge in [0.15, 0.2) is 0 Å². The number of nitrogens with one attached hydrogen (secondary N) is 2. The molecule has 2 N–H and O–H groups in total. The smallest absolute Gasteiger partial charge is 0.225 e. The molecular weight excluding hydrogens is 328 g/mol. The van der Waals surface area contributed by atoms with Gasteiger partial charge in [0.25, 0.3) is 0 Å². The van der Waals surface area contributed by atoms with E-state index in [0.717, 1.165) is 71.6 Å². The first-order valence-electron chi connectivity index (χ1n) is 10.7. The summed E-state index contributed by atoms with van der Waals surface area (Å²) in [4.78, 5) is 29.0. The number of nitrogens with zero attached hydrogens (tertiary/aromatic N) is 2. The molecule has 1 atom stereocenters. The molecule has 148 valence electrons. The molecule has 3 fully saturated rings. The van der Waals surface area contributed by atoms with Gasteiger partial charge >= 0.3 is 0 Å². The molecule has 1 aliphatic carbocycles. The highest BCUT2D eigenvalue weighted by Crippen LogP contribution is 2.25. The summed E-state index contributed by atoms with van der Waals surface area (Å²) in [5.74, 6) is 1.53. The van der Waals surface area contributed by atoms with Gasteiger partial charge in [0.1, 0.15) is 0 Å². The molecule has 6 nitrogen and oxygen atoms in total. The molecule has 2 aliphatic heterocycles. The maximum absolute atomic E-state index is 12.6. The van der Waals surface area contributed by atoms with Crippen LogP contribution in [0.1, 0.15) is 51.4 Å². The summed E-state index contributed by atoms with van der Waals surface area (Å²) in [5.41, 5.74) is 0. The van der Waals surface area contributed by atoms with Crippen LogP contribution in [-0.2, 0) is 9.59 Å². The summed E-state index contributed by atoms with van der Waals surface area (Å²) < 4.78 is 0. The molecule has 0 aromatic heterocycles. The van der Waals surface area contributed by atoms with Crippen molar-refractivity contribution in [2.45, 2.75) is 51.4 Å². The number of rotatable bonds is 7. The minimum atomic E-state index is 0.183. The fraction of sp³-hybridized carbons (Fsp3) is 0.900. The molecule has 0 aromatic rings. The molecule has 0 spiro atoms. The van der Waals surface area contributed by atoms with Crippen molar-refractivity contribution < 1.29 is 9.59 Å². The lowest BCUT2D eigenvalue weighted by atomic mass is 9.88. The van der Waals surface area contributed by atoms with Crippen molar-refractivity contribution >= 4 is 11.8 Å². The van der Waals surface area contributed by atoms with Gasteiger partial charge in [-0.15, -0.1) is 0 Å². The fourth-order valence-electron chi connectivity index (χ4n) is 4.54. The molecule has 0 aromatic carbocycles. The van der Waals surface area contributed by atoms with Crippen molar-refractivity contribution in [1.29, 1.82) is 0 Å². The monoisotopic (exact) mass is 364 g/mol. The van der Waals surface area contributed by atoms with Crippen molar-refractivity contribution in [3.8, 4) is 0 Å². The first kappa shape index (κ1) is 19.6. The van der Waals surface area contributed by atoms with E-state index in [2.05, 4.69) is 20.4 Å². The Morgan fingerprint density at radius 3 is 2.46 bits per heavy atom. The van der Waals surface area contributed by atoms with Crippen LogP contribution in [0.4, 0.5) is 0 Å². The van der Waals surface area contributed by atoms with E-state index in [-0.39, 0.29) is 11.8 Å². The van der Waals surface area contributed by atoms with Crippen LogP contribution in [0.5, 0.6) is 0 Å². The van der Waals surface area contributed by atoms with Crippen LogP contribution in [-0.4, -0.2) is 74.0 Å². The zero-order valence-corrected chi connectivity index (χ0v) is 16.2.